The number of benzene rings is 1. The van der Waals surface area contributed by atoms with E-state index < -0.39 is 23.4 Å². The molecule has 0 spiro atoms. The average molecular weight is 242 g/mol. The molecule has 0 aliphatic heterocycles. The maximum atomic E-state index is 11.3. The van der Waals surface area contributed by atoms with Crippen molar-refractivity contribution < 1.29 is 14.3 Å². The first-order valence-corrected chi connectivity index (χ1v) is 5.10. The van der Waals surface area contributed by atoms with Crippen LogP contribution in [0.1, 0.15) is 18.6 Å². The lowest BCUT2D eigenvalue weighted by atomic mass is 10.1. The van der Waals surface area contributed by atoms with E-state index in [1.54, 1.807) is 30.3 Å². The van der Waals surface area contributed by atoms with Crippen molar-refractivity contribution >= 4 is 22.8 Å². The highest BCUT2D eigenvalue weighted by atomic mass is 35.5. The van der Waals surface area contributed by atoms with Gasteiger partial charge in [0.05, 0.1) is 0 Å². The zero-order valence-electron chi connectivity index (χ0n) is 8.72. The second kappa shape index (κ2) is 5.63. The van der Waals surface area contributed by atoms with Gasteiger partial charge in [0.1, 0.15) is 6.04 Å². The average Bonchev–Trinajstić information content (AvgIpc) is 2.26. The van der Waals surface area contributed by atoms with Crippen LogP contribution in [-0.4, -0.2) is 17.3 Å². The van der Waals surface area contributed by atoms with Crippen LogP contribution in [0.15, 0.2) is 30.3 Å². The fourth-order valence-electron chi connectivity index (χ4n) is 1.10. The minimum absolute atomic E-state index is 0.525. The Hall–Kier alpha value is -1.39. The zero-order valence-corrected chi connectivity index (χ0v) is 9.48. The van der Waals surface area contributed by atoms with Gasteiger partial charge >= 0.3 is 5.97 Å². The Morgan fingerprint density at radius 3 is 2.31 bits per heavy atom. The number of hydrogen-bond acceptors (Lipinski definition) is 4. The van der Waals surface area contributed by atoms with E-state index in [4.69, 9.17) is 22.1 Å². The van der Waals surface area contributed by atoms with Gasteiger partial charge in [-0.15, -0.1) is 0 Å². The molecule has 1 aromatic carbocycles. The van der Waals surface area contributed by atoms with Crippen molar-refractivity contribution in [3.8, 4) is 0 Å². The molecular weight excluding hydrogens is 230 g/mol. The van der Waals surface area contributed by atoms with Gasteiger partial charge in [0.25, 0.3) is 5.24 Å². The fourth-order valence-corrected chi connectivity index (χ4v) is 1.27. The van der Waals surface area contributed by atoms with E-state index in [2.05, 4.69) is 0 Å². The molecular formula is C11H12ClNO3. The molecule has 0 saturated carbocycles. The minimum atomic E-state index is -1.10. The lowest BCUT2D eigenvalue weighted by molar-refractivity contribution is -0.154. The monoisotopic (exact) mass is 241 g/mol. The van der Waals surface area contributed by atoms with Crippen LogP contribution in [-0.2, 0) is 14.3 Å². The molecule has 2 atom stereocenters. The predicted molar refractivity (Wildman–Crippen MR) is 59.8 cm³/mol. The van der Waals surface area contributed by atoms with E-state index in [0.717, 1.165) is 0 Å². The van der Waals surface area contributed by atoms with Crippen LogP contribution in [0.2, 0.25) is 0 Å². The fraction of sp³-hybridized carbons (Fsp3) is 0.273. The molecule has 0 aliphatic carbocycles. The topological polar surface area (TPSA) is 69.4 Å². The van der Waals surface area contributed by atoms with E-state index in [-0.39, 0.29) is 0 Å². The SMILES string of the molecule is C[C@H](N)C(=O)OC(C(=O)Cl)c1ccccc1. The number of carbonyl (C=O) groups is 2. The highest BCUT2D eigenvalue weighted by Gasteiger charge is 2.24. The van der Waals surface area contributed by atoms with Gasteiger partial charge in [0.2, 0.25) is 6.10 Å². The third kappa shape index (κ3) is 3.32. The summed E-state index contributed by atoms with van der Waals surface area (Å²) in [6.07, 6.45) is -1.10. The number of esters is 1. The second-order valence-corrected chi connectivity index (χ2v) is 3.69. The van der Waals surface area contributed by atoms with E-state index in [1.807, 2.05) is 0 Å². The van der Waals surface area contributed by atoms with Crippen LogP contribution < -0.4 is 5.73 Å². The number of ether oxygens (including phenoxy) is 1. The summed E-state index contributed by atoms with van der Waals surface area (Å²) in [6, 6.07) is 7.75. The van der Waals surface area contributed by atoms with Crippen molar-refractivity contribution in [1.82, 2.24) is 0 Å². The van der Waals surface area contributed by atoms with Gasteiger partial charge in [0.15, 0.2) is 0 Å². The summed E-state index contributed by atoms with van der Waals surface area (Å²) < 4.78 is 4.91. The first-order chi connectivity index (χ1) is 7.52. The summed E-state index contributed by atoms with van der Waals surface area (Å²) in [6.45, 7) is 1.48. The number of carbonyl (C=O) groups excluding carboxylic acids is 2. The number of halogens is 1. The number of rotatable bonds is 4. The van der Waals surface area contributed by atoms with Crippen LogP contribution in [0.4, 0.5) is 0 Å². The normalized spacial score (nSPS) is 13.9. The molecule has 1 aromatic rings. The Labute approximate surface area is 98.3 Å². The van der Waals surface area contributed by atoms with Gasteiger partial charge in [-0.3, -0.25) is 9.59 Å². The lowest BCUT2D eigenvalue weighted by Gasteiger charge is -2.15. The Morgan fingerprint density at radius 2 is 1.88 bits per heavy atom. The van der Waals surface area contributed by atoms with E-state index >= 15 is 0 Å². The van der Waals surface area contributed by atoms with Crippen LogP contribution in [0, 0.1) is 0 Å². The summed E-state index contributed by atoms with van der Waals surface area (Å²) in [5.74, 6) is -0.664. The maximum absolute atomic E-state index is 11.3. The largest absolute Gasteiger partial charge is 0.447 e. The molecule has 16 heavy (non-hydrogen) atoms. The van der Waals surface area contributed by atoms with Crippen LogP contribution >= 0.6 is 11.6 Å². The first-order valence-electron chi connectivity index (χ1n) is 4.72. The Balaban J connectivity index is 2.85. The molecule has 0 aromatic heterocycles. The summed E-state index contributed by atoms with van der Waals surface area (Å²) in [5.41, 5.74) is 5.86. The number of nitrogens with two attached hydrogens (primary N) is 1. The molecule has 0 bridgehead atoms. The van der Waals surface area contributed by atoms with Crippen LogP contribution in [0.25, 0.3) is 0 Å². The van der Waals surface area contributed by atoms with Gasteiger partial charge in [-0.2, -0.15) is 0 Å². The Bertz CT molecular complexity index is 378. The molecule has 5 heteroatoms. The first kappa shape index (κ1) is 12.7. The predicted octanol–water partition coefficient (Wildman–Crippen LogP) is 1.38. The third-order valence-electron chi connectivity index (χ3n) is 1.91. The standard InChI is InChI=1S/C11H12ClNO3/c1-7(13)11(15)16-9(10(12)14)8-5-3-2-4-6-8/h2-7,9H,13H2,1H3/t7-,9?/m0/s1. The summed E-state index contributed by atoms with van der Waals surface area (Å²) in [7, 11) is 0. The zero-order chi connectivity index (χ0) is 12.1. The van der Waals surface area contributed by atoms with Crippen molar-refractivity contribution in [3.05, 3.63) is 35.9 Å². The van der Waals surface area contributed by atoms with Gasteiger partial charge in [-0.05, 0) is 18.5 Å². The molecule has 86 valence electrons. The van der Waals surface area contributed by atoms with Gasteiger partial charge in [0, 0.05) is 5.56 Å². The van der Waals surface area contributed by atoms with E-state index in [1.165, 1.54) is 6.92 Å². The molecule has 0 saturated heterocycles. The molecule has 0 heterocycles. The molecule has 2 N–H and O–H groups in total. The highest BCUT2D eigenvalue weighted by molar-refractivity contribution is 6.64. The van der Waals surface area contributed by atoms with E-state index in [0.29, 0.717) is 5.56 Å². The maximum Gasteiger partial charge on any atom is 0.323 e. The molecule has 0 radical (unpaired) electrons. The third-order valence-corrected chi connectivity index (χ3v) is 2.11. The Morgan fingerprint density at radius 1 is 1.31 bits per heavy atom. The molecule has 1 unspecified atom stereocenters. The van der Waals surface area contributed by atoms with Gasteiger partial charge < -0.3 is 10.5 Å². The van der Waals surface area contributed by atoms with Crippen molar-refractivity contribution in [1.29, 1.82) is 0 Å². The quantitative estimate of drug-likeness (QED) is 0.639. The minimum Gasteiger partial charge on any atom is -0.447 e. The number of hydrogen-bond donors (Lipinski definition) is 1. The highest BCUT2D eigenvalue weighted by Crippen LogP contribution is 2.20. The lowest BCUT2D eigenvalue weighted by Crippen LogP contribution is -2.31. The molecule has 0 amide bonds. The summed E-state index contributed by atoms with van der Waals surface area (Å²) in [4.78, 5) is 22.4. The van der Waals surface area contributed by atoms with E-state index in [9.17, 15) is 9.59 Å². The Kier molecular flexibility index (Phi) is 4.46. The second-order valence-electron chi connectivity index (χ2n) is 3.32. The summed E-state index contributed by atoms with van der Waals surface area (Å²) >= 11 is 5.37. The van der Waals surface area contributed by atoms with Crippen molar-refractivity contribution in [2.24, 2.45) is 5.73 Å². The van der Waals surface area contributed by atoms with Crippen LogP contribution in [0.5, 0.6) is 0 Å². The van der Waals surface area contributed by atoms with Crippen molar-refractivity contribution in [2.45, 2.75) is 19.1 Å². The molecule has 1 rings (SSSR count). The van der Waals surface area contributed by atoms with Gasteiger partial charge in [-0.1, -0.05) is 30.3 Å². The summed E-state index contributed by atoms with van der Waals surface area (Å²) in [5, 5.41) is -0.750. The van der Waals surface area contributed by atoms with Crippen molar-refractivity contribution in [3.63, 3.8) is 0 Å². The smallest absolute Gasteiger partial charge is 0.323 e. The van der Waals surface area contributed by atoms with Crippen molar-refractivity contribution in [2.75, 3.05) is 0 Å². The molecule has 0 fully saturated rings. The van der Waals surface area contributed by atoms with Crippen LogP contribution in [0.3, 0.4) is 0 Å². The molecule has 4 nitrogen and oxygen atoms in total. The van der Waals surface area contributed by atoms with Gasteiger partial charge in [-0.25, -0.2) is 0 Å². The molecule has 0 aliphatic rings.